The van der Waals surface area contributed by atoms with E-state index in [9.17, 15) is 23.1 Å². The van der Waals surface area contributed by atoms with E-state index in [1.807, 2.05) is 19.9 Å². The molecule has 7 heteroatoms. The topological polar surface area (TPSA) is 58.6 Å². The van der Waals surface area contributed by atoms with Crippen molar-refractivity contribution in [2.24, 2.45) is 17.3 Å². The first-order valence-electron chi connectivity index (χ1n) is 11.7. The quantitative estimate of drug-likeness (QED) is 0.520. The molecule has 0 bridgehead atoms. The number of aliphatic carboxylic acids is 1. The summed E-state index contributed by atoms with van der Waals surface area (Å²) in [6.07, 6.45) is -0.725. The molecule has 0 heterocycles. The van der Waals surface area contributed by atoms with Crippen molar-refractivity contribution in [2.75, 3.05) is 0 Å². The van der Waals surface area contributed by atoms with Crippen LogP contribution in [0.4, 0.5) is 13.2 Å². The highest BCUT2D eigenvalue weighted by atomic mass is 19.4. The lowest BCUT2D eigenvalue weighted by Crippen LogP contribution is -2.58. The first kappa shape index (κ1) is 23.9. The molecule has 2 atom stereocenters. The molecule has 0 amide bonds. The Morgan fingerprint density at radius 3 is 2.42 bits per heavy atom. The summed E-state index contributed by atoms with van der Waals surface area (Å²) < 4.78 is 48.4. The van der Waals surface area contributed by atoms with Crippen LogP contribution in [0.5, 0.6) is 5.75 Å². The molecule has 0 saturated heterocycles. The number of hydrogen-bond acceptors (Lipinski definition) is 3. The summed E-state index contributed by atoms with van der Waals surface area (Å²) in [6, 6.07) is 8.25. The van der Waals surface area contributed by atoms with Gasteiger partial charge >= 0.3 is 12.1 Å². The van der Waals surface area contributed by atoms with Crippen LogP contribution in [0.1, 0.15) is 64.0 Å². The predicted octanol–water partition coefficient (Wildman–Crippen LogP) is 6.41. The van der Waals surface area contributed by atoms with E-state index < -0.39 is 29.0 Å². The number of hydrogen-bond donors (Lipinski definition) is 2. The number of fused-ring (bicyclic) bond motifs is 1. The predicted molar refractivity (Wildman–Crippen MR) is 121 cm³/mol. The van der Waals surface area contributed by atoms with Gasteiger partial charge in [0.15, 0.2) is 0 Å². The van der Waals surface area contributed by atoms with Crippen LogP contribution in [0.2, 0.25) is 0 Å². The molecule has 0 spiro atoms. The fourth-order valence-corrected chi connectivity index (χ4v) is 5.31. The van der Waals surface area contributed by atoms with Crippen LogP contribution in [0.3, 0.4) is 0 Å². The van der Waals surface area contributed by atoms with E-state index in [0.717, 1.165) is 31.2 Å². The van der Waals surface area contributed by atoms with Crippen LogP contribution >= 0.6 is 0 Å². The second-order valence-electron chi connectivity index (χ2n) is 10.4. The summed E-state index contributed by atoms with van der Waals surface area (Å²) in [5, 5.41) is 13.3. The highest BCUT2D eigenvalue weighted by molar-refractivity contribution is 5.89. The van der Waals surface area contributed by atoms with E-state index in [1.54, 1.807) is 18.2 Å². The lowest BCUT2D eigenvalue weighted by Gasteiger charge is -2.50. The summed E-state index contributed by atoms with van der Waals surface area (Å²) >= 11 is 0. The summed E-state index contributed by atoms with van der Waals surface area (Å²) in [5.74, 6) is -0.724. The summed E-state index contributed by atoms with van der Waals surface area (Å²) in [7, 11) is 0. The molecule has 2 unspecified atom stereocenters. The van der Waals surface area contributed by atoms with Crippen molar-refractivity contribution in [3.8, 4) is 5.75 Å². The number of benzene rings is 2. The molecule has 4 nitrogen and oxygen atoms in total. The number of ether oxygens (including phenoxy) is 1. The van der Waals surface area contributed by atoms with Crippen LogP contribution in [0.15, 0.2) is 30.3 Å². The molecule has 2 aliphatic rings. The number of nitrogens with one attached hydrogen (secondary N) is 1. The number of carbonyl (C=O) groups is 1. The molecular formula is C26H32F3NO3. The molecular weight excluding hydrogens is 431 g/mol. The normalized spacial score (nSPS) is 27.2. The fourth-order valence-electron chi connectivity index (χ4n) is 5.31. The highest BCUT2D eigenvalue weighted by Crippen LogP contribution is 2.47. The number of carboxylic acid groups (broad SMARTS) is 1. The van der Waals surface area contributed by atoms with Crippen molar-refractivity contribution in [1.82, 2.24) is 5.32 Å². The first-order chi connectivity index (χ1) is 15.5. The maximum absolute atomic E-state index is 14.2. The minimum atomic E-state index is -4.53. The van der Waals surface area contributed by atoms with Crippen molar-refractivity contribution in [3.05, 3.63) is 41.5 Å². The Labute approximate surface area is 192 Å². The van der Waals surface area contributed by atoms with Crippen LogP contribution in [-0.4, -0.2) is 23.2 Å². The molecule has 33 heavy (non-hydrogen) atoms. The SMILES string of the molecule is CC1(C)C(NCc2ccc3ccc(O[C@H]4CC[C@@H](C)CC4)c(C(F)(F)F)c3c2)CC1C(=O)O. The third-order valence-electron chi connectivity index (χ3n) is 7.71. The van der Waals surface area contributed by atoms with Crippen LogP contribution < -0.4 is 10.1 Å². The fraction of sp³-hybridized carbons (Fsp3) is 0.577. The summed E-state index contributed by atoms with van der Waals surface area (Å²) in [4.78, 5) is 11.3. The van der Waals surface area contributed by atoms with E-state index >= 15 is 0 Å². The van der Waals surface area contributed by atoms with Crippen molar-refractivity contribution >= 4 is 16.7 Å². The minimum absolute atomic E-state index is 0.000237. The molecule has 2 N–H and O–H groups in total. The Morgan fingerprint density at radius 1 is 1.15 bits per heavy atom. The van der Waals surface area contributed by atoms with E-state index in [2.05, 4.69) is 12.2 Å². The van der Waals surface area contributed by atoms with E-state index in [-0.39, 0.29) is 23.3 Å². The molecule has 2 fully saturated rings. The van der Waals surface area contributed by atoms with Gasteiger partial charge < -0.3 is 15.2 Å². The van der Waals surface area contributed by atoms with Gasteiger partial charge in [0, 0.05) is 12.6 Å². The zero-order valence-corrected chi connectivity index (χ0v) is 19.3. The average molecular weight is 464 g/mol. The number of alkyl halides is 3. The maximum atomic E-state index is 14.2. The van der Waals surface area contributed by atoms with Crippen molar-refractivity contribution in [1.29, 1.82) is 0 Å². The first-order valence-corrected chi connectivity index (χ1v) is 11.7. The average Bonchev–Trinajstić information content (AvgIpc) is 2.73. The number of carboxylic acids is 1. The molecule has 4 rings (SSSR count). The van der Waals surface area contributed by atoms with Gasteiger partial charge in [-0.05, 0) is 71.9 Å². The third-order valence-corrected chi connectivity index (χ3v) is 7.71. The molecule has 0 aliphatic heterocycles. The number of halogens is 3. The summed E-state index contributed by atoms with van der Waals surface area (Å²) in [5.41, 5.74) is -0.389. The highest BCUT2D eigenvalue weighted by Gasteiger charge is 2.51. The van der Waals surface area contributed by atoms with E-state index in [0.29, 0.717) is 24.3 Å². The molecule has 180 valence electrons. The van der Waals surface area contributed by atoms with Gasteiger partial charge in [-0.2, -0.15) is 13.2 Å². The van der Waals surface area contributed by atoms with E-state index in [4.69, 9.17) is 4.74 Å². The Morgan fingerprint density at radius 2 is 1.82 bits per heavy atom. The largest absolute Gasteiger partial charge is 0.490 e. The van der Waals surface area contributed by atoms with Gasteiger partial charge in [0.05, 0.1) is 12.0 Å². The minimum Gasteiger partial charge on any atom is -0.490 e. The van der Waals surface area contributed by atoms with E-state index in [1.165, 1.54) is 6.07 Å². The second-order valence-corrected chi connectivity index (χ2v) is 10.4. The Hall–Kier alpha value is -2.28. The van der Waals surface area contributed by atoms with Gasteiger partial charge in [0.2, 0.25) is 0 Å². The zero-order chi connectivity index (χ0) is 24.0. The van der Waals surface area contributed by atoms with Gasteiger partial charge in [-0.25, -0.2) is 0 Å². The monoisotopic (exact) mass is 463 g/mol. The van der Waals surface area contributed by atoms with Gasteiger partial charge in [-0.15, -0.1) is 0 Å². The molecule has 2 aromatic rings. The smallest absolute Gasteiger partial charge is 0.420 e. The van der Waals surface area contributed by atoms with Crippen molar-refractivity contribution in [2.45, 2.75) is 77.7 Å². The lowest BCUT2D eigenvalue weighted by atomic mass is 9.58. The third kappa shape index (κ3) is 4.84. The van der Waals surface area contributed by atoms with Gasteiger partial charge in [-0.3, -0.25) is 4.79 Å². The standard InChI is InChI=1S/C26H32F3NO3/c1-15-4-9-18(10-5-15)33-21-11-8-17-7-6-16(12-19(17)23(21)26(27,28)29)14-30-22-13-20(24(31)32)25(22,2)3/h6-8,11-12,15,18,20,22,30H,4-5,9-10,13-14H2,1-3H3,(H,31,32)/t15-,18+,20?,22?. The molecule has 2 aromatic carbocycles. The maximum Gasteiger partial charge on any atom is 0.420 e. The Balaban J connectivity index is 1.57. The molecule has 2 saturated carbocycles. The molecule has 0 radical (unpaired) electrons. The van der Waals surface area contributed by atoms with Gasteiger partial charge in [-0.1, -0.05) is 39.0 Å². The zero-order valence-electron chi connectivity index (χ0n) is 19.3. The molecule has 2 aliphatic carbocycles. The second kappa shape index (κ2) is 8.82. The lowest BCUT2D eigenvalue weighted by molar-refractivity contribution is -0.155. The van der Waals surface area contributed by atoms with Crippen molar-refractivity contribution in [3.63, 3.8) is 0 Å². The van der Waals surface area contributed by atoms with Crippen LogP contribution in [0.25, 0.3) is 10.8 Å². The van der Waals surface area contributed by atoms with Crippen LogP contribution in [-0.2, 0) is 17.5 Å². The summed E-state index contributed by atoms with van der Waals surface area (Å²) in [6.45, 7) is 6.35. The van der Waals surface area contributed by atoms with Crippen LogP contribution in [0, 0.1) is 17.3 Å². The molecule has 0 aromatic heterocycles. The van der Waals surface area contributed by atoms with Gasteiger partial charge in [0.1, 0.15) is 11.3 Å². The number of rotatable bonds is 6. The Kier molecular flexibility index (Phi) is 6.38. The van der Waals surface area contributed by atoms with Crippen molar-refractivity contribution < 1.29 is 27.8 Å². The Bertz CT molecular complexity index is 1030. The van der Waals surface area contributed by atoms with Gasteiger partial charge in [0.25, 0.3) is 0 Å².